The van der Waals surface area contributed by atoms with Crippen molar-refractivity contribution in [3.63, 3.8) is 0 Å². The maximum Gasteiger partial charge on any atom is 0.255 e. The van der Waals surface area contributed by atoms with Crippen molar-refractivity contribution in [1.82, 2.24) is 10.6 Å². The Morgan fingerprint density at radius 1 is 0.705 bits per heavy atom. The van der Waals surface area contributed by atoms with Crippen molar-refractivity contribution in [2.75, 3.05) is 31.5 Å². The molecule has 10 heteroatoms. The Morgan fingerprint density at radius 2 is 1.30 bits per heavy atom. The van der Waals surface area contributed by atoms with Crippen LogP contribution in [0.3, 0.4) is 0 Å². The third-order valence-corrected chi connectivity index (χ3v) is 7.81. The van der Waals surface area contributed by atoms with Crippen molar-refractivity contribution in [1.29, 1.82) is 0 Å². The van der Waals surface area contributed by atoms with Crippen molar-refractivity contribution in [3.8, 4) is 33.8 Å². The van der Waals surface area contributed by atoms with Crippen LogP contribution in [0, 0.1) is 11.6 Å². The van der Waals surface area contributed by atoms with Gasteiger partial charge in [-0.15, -0.1) is 0 Å². The largest absolute Gasteiger partial charge is 0.488 e. The number of anilines is 1. The highest BCUT2D eigenvalue weighted by Crippen LogP contribution is 2.36. The van der Waals surface area contributed by atoms with E-state index in [1.54, 1.807) is 48.5 Å². The van der Waals surface area contributed by atoms with Crippen LogP contribution in [0.2, 0.25) is 0 Å². The molecule has 2 aliphatic rings. The average Bonchev–Trinajstić information content (AvgIpc) is 3.74. The van der Waals surface area contributed by atoms with Crippen molar-refractivity contribution in [2.24, 2.45) is 5.73 Å². The normalized spacial score (nSPS) is 17.8. The fraction of sp³-hybridized carbons (Fsp3) is 0.235. The Balaban J connectivity index is 1.30. The quantitative estimate of drug-likeness (QED) is 0.212. The maximum atomic E-state index is 14.2. The molecule has 4 aromatic carbocycles. The van der Waals surface area contributed by atoms with Crippen LogP contribution in [0.15, 0.2) is 78.9 Å². The maximum absolute atomic E-state index is 14.2. The number of hydrogen-bond donors (Lipinski definition) is 4. The lowest BCUT2D eigenvalue weighted by molar-refractivity contribution is 0.0997. The van der Waals surface area contributed by atoms with Gasteiger partial charge in [-0.05, 0) is 97.7 Å². The number of primary amides is 1. The number of hydrogen-bond acceptors (Lipinski definition) is 6. The van der Waals surface area contributed by atoms with Crippen LogP contribution in [0.4, 0.5) is 14.5 Å². The van der Waals surface area contributed by atoms with Crippen LogP contribution < -0.4 is 31.2 Å². The SMILES string of the molecule is NC(=O)c1ccc(-c2cc(NC(=O)c3ccc(O[C@H]4CCNC4)c(-c4ccc(F)c(F)c4)c3)ccc2O[C@H]2CCNC2)cc1. The van der Waals surface area contributed by atoms with Gasteiger partial charge in [-0.1, -0.05) is 18.2 Å². The first-order valence-electron chi connectivity index (χ1n) is 14.5. The van der Waals surface area contributed by atoms with Crippen molar-refractivity contribution >= 4 is 17.5 Å². The smallest absolute Gasteiger partial charge is 0.255 e. The van der Waals surface area contributed by atoms with Crippen molar-refractivity contribution in [3.05, 3.63) is 102 Å². The number of ether oxygens (including phenoxy) is 2. The molecular weight excluding hydrogens is 566 g/mol. The molecule has 0 unspecified atom stereocenters. The van der Waals surface area contributed by atoms with E-state index in [0.717, 1.165) is 55.7 Å². The molecular formula is C34H32F2N4O4. The molecule has 5 N–H and O–H groups in total. The summed E-state index contributed by atoms with van der Waals surface area (Å²) >= 11 is 0. The van der Waals surface area contributed by atoms with E-state index in [-0.39, 0.29) is 12.2 Å². The fourth-order valence-electron chi connectivity index (χ4n) is 5.43. The predicted octanol–water partition coefficient (Wildman–Crippen LogP) is 5.13. The summed E-state index contributed by atoms with van der Waals surface area (Å²) in [4.78, 5) is 25.1. The molecule has 6 rings (SSSR count). The van der Waals surface area contributed by atoms with Crippen LogP contribution in [0.5, 0.6) is 11.5 Å². The number of amides is 2. The minimum absolute atomic E-state index is 0.00884. The van der Waals surface area contributed by atoms with Gasteiger partial charge < -0.3 is 31.2 Å². The second kappa shape index (κ2) is 12.8. The van der Waals surface area contributed by atoms with Gasteiger partial charge in [0.15, 0.2) is 11.6 Å². The Labute approximate surface area is 253 Å². The zero-order valence-corrected chi connectivity index (χ0v) is 23.9. The van der Waals surface area contributed by atoms with E-state index in [1.807, 2.05) is 12.1 Å². The number of carbonyl (C=O) groups is 2. The van der Waals surface area contributed by atoms with Gasteiger partial charge in [-0.25, -0.2) is 8.78 Å². The summed E-state index contributed by atoms with van der Waals surface area (Å²) in [6, 6.07) is 20.8. The Morgan fingerprint density at radius 3 is 1.89 bits per heavy atom. The summed E-state index contributed by atoms with van der Waals surface area (Å²) in [5.41, 5.74) is 9.04. The number of rotatable bonds is 9. The van der Waals surface area contributed by atoms with E-state index in [9.17, 15) is 18.4 Å². The van der Waals surface area contributed by atoms with Gasteiger partial charge in [0.2, 0.25) is 5.91 Å². The molecule has 2 saturated heterocycles. The average molecular weight is 599 g/mol. The molecule has 2 fully saturated rings. The van der Waals surface area contributed by atoms with Gasteiger partial charge >= 0.3 is 0 Å². The summed E-state index contributed by atoms with van der Waals surface area (Å²) in [6.45, 7) is 3.10. The summed E-state index contributed by atoms with van der Waals surface area (Å²) in [5, 5.41) is 9.48. The number of nitrogens with two attached hydrogens (primary N) is 1. The first-order valence-corrected chi connectivity index (χ1v) is 14.5. The topological polar surface area (TPSA) is 115 Å². The van der Waals surface area contributed by atoms with E-state index in [0.29, 0.717) is 46.0 Å². The molecule has 8 nitrogen and oxygen atoms in total. The predicted molar refractivity (Wildman–Crippen MR) is 164 cm³/mol. The van der Waals surface area contributed by atoms with Crippen LogP contribution in [-0.2, 0) is 0 Å². The van der Waals surface area contributed by atoms with Gasteiger partial charge in [0.25, 0.3) is 5.91 Å². The fourth-order valence-corrected chi connectivity index (χ4v) is 5.43. The minimum atomic E-state index is -0.988. The van der Waals surface area contributed by atoms with Crippen LogP contribution in [0.25, 0.3) is 22.3 Å². The zero-order valence-electron chi connectivity index (χ0n) is 23.9. The van der Waals surface area contributed by atoms with E-state index >= 15 is 0 Å². The molecule has 0 spiro atoms. The third-order valence-electron chi connectivity index (χ3n) is 7.81. The highest BCUT2D eigenvalue weighted by Gasteiger charge is 2.22. The van der Waals surface area contributed by atoms with Gasteiger partial charge in [0.1, 0.15) is 23.7 Å². The minimum Gasteiger partial charge on any atom is -0.488 e. The molecule has 0 aliphatic carbocycles. The molecule has 2 amide bonds. The molecule has 0 saturated carbocycles. The lowest BCUT2D eigenvalue weighted by atomic mass is 10.0. The molecule has 2 aliphatic heterocycles. The number of benzene rings is 4. The molecule has 0 aromatic heterocycles. The van der Waals surface area contributed by atoms with Crippen molar-refractivity contribution < 1.29 is 27.8 Å². The second-order valence-corrected chi connectivity index (χ2v) is 10.9. The van der Waals surface area contributed by atoms with Gasteiger partial charge in [-0.2, -0.15) is 0 Å². The lowest BCUT2D eigenvalue weighted by Crippen LogP contribution is -2.20. The molecule has 0 bridgehead atoms. The molecule has 0 radical (unpaired) electrons. The van der Waals surface area contributed by atoms with Crippen molar-refractivity contribution in [2.45, 2.75) is 25.0 Å². The zero-order chi connectivity index (χ0) is 30.6. The monoisotopic (exact) mass is 598 g/mol. The van der Waals surface area contributed by atoms with Gasteiger partial charge in [0.05, 0.1) is 0 Å². The van der Waals surface area contributed by atoms with Crippen LogP contribution in [0.1, 0.15) is 33.6 Å². The van der Waals surface area contributed by atoms with E-state index in [4.69, 9.17) is 15.2 Å². The third kappa shape index (κ3) is 6.56. The number of nitrogens with one attached hydrogen (secondary N) is 3. The van der Waals surface area contributed by atoms with E-state index in [2.05, 4.69) is 16.0 Å². The standard InChI is InChI=1S/C34H32F2N4O4/c35-29-8-5-22(16-30(29)36)27-15-23(6-9-31(27)43-25-11-13-38-18-25)34(42)40-24-7-10-32(44-26-12-14-39-19-26)28(17-24)20-1-3-21(4-2-20)33(37)41/h1-10,15-17,25-26,38-39H,11-14,18-19H2,(H2,37,41)(H,40,42)/t25-,26-/m0/s1. The van der Waals surface area contributed by atoms with Gasteiger partial charge in [0, 0.05) is 41.0 Å². The first kappa shape index (κ1) is 29.3. The van der Waals surface area contributed by atoms with Gasteiger partial charge in [-0.3, -0.25) is 9.59 Å². The number of carbonyl (C=O) groups excluding carboxylic acids is 2. The molecule has 2 atom stereocenters. The highest BCUT2D eigenvalue weighted by atomic mass is 19.2. The summed E-state index contributed by atoms with van der Waals surface area (Å²) in [6.07, 6.45) is 1.62. The summed E-state index contributed by atoms with van der Waals surface area (Å²) < 4.78 is 40.4. The van der Waals surface area contributed by atoms with E-state index in [1.165, 1.54) is 6.07 Å². The Kier molecular flexibility index (Phi) is 8.53. The second-order valence-electron chi connectivity index (χ2n) is 10.9. The molecule has 2 heterocycles. The summed E-state index contributed by atoms with van der Waals surface area (Å²) in [5.74, 6) is -1.74. The molecule has 44 heavy (non-hydrogen) atoms. The Hall–Kier alpha value is -4.80. The number of halogens is 2. The Bertz CT molecular complexity index is 1680. The highest BCUT2D eigenvalue weighted by molar-refractivity contribution is 6.05. The lowest BCUT2D eigenvalue weighted by Gasteiger charge is -2.19. The summed E-state index contributed by atoms with van der Waals surface area (Å²) in [7, 11) is 0. The van der Waals surface area contributed by atoms with Crippen LogP contribution >= 0.6 is 0 Å². The first-order chi connectivity index (χ1) is 21.3. The van der Waals surface area contributed by atoms with E-state index < -0.39 is 23.4 Å². The van der Waals surface area contributed by atoms with Crippen LogP contribution in [-0.4, -0.2) is 50.2 Å². The molecule has 226 valence electrons. The molecule has 4 aromatic rings.